The van der Waals surface area contributed by atoms with Crippen LogP contribution in [0.4, 0.5) is 0 Å². The summed E-state index contributed by atoms with van der Waals surface area (Å²) >= 11 is 0. The van der Waals surface area contributed by atoms with E-state index in [9.17, 15) is 0 Å². The fourth-order valence-electron chi connectivity index (χ4n) is 4.52. The largest absolute Gasteiger partial charge is 0.357 e. The summed E-state index contributed by atoms with van der Waals surface area (Å²) in [6, 6.07) is 20.4. The van der Waals surface area contributed by atoms with Gasteiger partial charge in [-0.25, -0.2) is 9.98 Å². The van der Waals surface area contributed by atoms with Gasteiger partial charge in [-0.05, 0) is 43.9 Å². The van der Waals surface area contributed by atoms with Crippen LogP contribution in [0.1, 0.15) is 42.8 Å². The van der Waals surface area contributed by atoms with Gasteiger partial charge in [0.2, 0.25) is 0 Å². The first-order chi connectivity index (χ1) is 16.1. The van der Waals surface area contributed by atoms with Crippen molar-refractivity contribution in [1.82, 2.24) is 25.1 Å². The summed E-state index contributed by atoms with van der Waals surface area (Å²) in [4.78, 5) is 11.8. The van der Waals surface area contributed by atoms with Crippen LogP contribution in [0.2, 0.25) is 0 Å². The number of likely N-dealkylation sites (tertiary alicyclic amines) is 1. The molecule has 4 rings (SSSR count). The van der Waals surface area contributed by atoms with Crippen LogP contribution in [0.15, 0.2) is 72.0 Å². The molecule has 2 aromatic carbocycles. The smallest absolute Gasteiger partial charge is 0.191 e. The first kappa shape index (κ1) is 26.2. The number of aryl methyl sites for hydroxylation is 1. The lowest BCUT2D eigenvalue weighted by atomic mass is 10.1. The minimum absolute atomic E-state index is 0. The monoisotopic (exact) mass is 572 g/mol. The summed E-state index contributed by atoms with van der Waals surface area (Å²) in [6.07, 6.45) is 5.00. The maximum absolute atomic E-state index is 4.89. The van der Waals surface area contributed by atoms with Gasteiger partial charge in [0.15, 0.2) is 5.96 Å². The SMILES string of the molecule is CCNC(=NCc1cccc(Cn2ccnc2C)c1)NC1CC(C)N(Cc2ccccc2)C1.I. The average molecular weight is 573 g/mol. The van der Waals surface area contributed by atoms with Crippen LogP contribution in [0.3, 0.4) is 0 Å². The van der Waals surface area contributed by atoms with E-state index in [0.717, 1.165) is 44.4 Å². The van der Waals surface area contributed by atoms with Crippen molar-refractivity contribution in [2.45, 2.75) is 58.9 Å². The molecule has 34 heavy (non-hydrogen) atoms. The van der Waals surface area contributed by atoms with Crippen molar-refractivity contribution in [3.63, 3.8) is 0 Å². The van der Waals surface area contributed by atoms with Crippen LogP contribution in [-0.4, -0.2) is 45.6 Å². The molecular weight excluding hydrogens is 535 g/mol. The second-order valence-corrected chi connectivity index (χ2v) is 8.96. The topological polar surface area (TPSA) is 57.5 Å². The van der Waals surface area contributed by atoms with Gasteiger partial charge in [-0.2, -0.15) is 0 Å². The van der Waals surface area contributed by atoms with Gasteiger partial charge < -0.3 is 15.2 Å². The van der Waals surface area contributed by atoms with Gasteiger partial charge in [0.1, 0.15) is 5.82 Å². The molecule has 2 unspecified atom stereocenters. The summed E-state index contributed by atoms with van der Waals surface area (Å²) in [5.41, 5.74) is 3.85. The van der Waals surface area contributed by atoms with E-state index in [1.54, 1.807) is 0 Å². The van der Waals surface area contributed by atoms with Gasteiger partial charge in [-0.15, -0.1) is 24.0 Å². The van der Waals surface area contributed by atoms with Gasteiger partial charge in [-0.1, -0.05) is 54.6 Å². The van der Waals surface area contributed by atoms with Crippen LogP contribution >= 0.6 is 24.0 Å². The number of aromatic nitrogens is 2. The van der Waals surface area contributed by atoms with Gasteiger partial charge >= 0.3 is 0 Å². The highest BCUT2D eigenvalue weighted by atomic mass is 127. The summed E-state index contributed by atoms with van der Waals surface area (Å²) in [6.45, 7) is 10.8. The minimum atomic E-state index is 0. The van der Waals surface area contributed by atoms with Crippen molar-refractivity contribution in [3.8, 4) is 0 Å². The number of guanidine groups is 1. The summed E-state index contributed by atoms with van der Waals surface area (Å²) in [7, 11) is 0. The van der Waals surface area contributed by atoms with Crippen LogP contribution in [0.25, 0.3) is 0 Å². The maximum atomic E-state index is 4.89. The van der Waals surface area contributed by atoms with Crippen LogP contribution in [-0.2, 0) is 19.6 Å². The zero-order chi connectivity index (χ0) is 23.0. The zero-order valence-electron chi connectivity index (χ0n) is 20.4. The van der Waals surface area contributed by atoms with Crippen LogP contribution in [0, 0.1) is 6.92 Å². The highest BCUT2D eigenvalue weighted by Crippen LogP contribution is 2.20. The number of nitrogens with one attached hydrogen (secondary N) is 2. The predicted octanol–water partition coefficient (Wildman–Crippen LogP) is 4.58. The third-order valence-corrected chi connectivity index (χ3v) is 6.31. The summed E-state index contributed by atoms with van der Waals surface area (Å²) in [5, 5.41) is 7.10. The highest BCUT2D eigenvalue weighted by Gasteiger charge is 2.29. The molecule has 2 N–H and O–H groups in total. The van der Waals surface area contributed by atoms with E-state index in [-0.39, 0.29) is 24.0 Å². The third kappa shape index (κ3) is 7.30. The Morgan fingerprint density at radius 3 is 2.56 bits per heavy atom. The first-order valence-corrected chi connectivity index (χ1v) is 12.0. The molecule has 7 heteroatoms. The lowest BCUT2D eigenvalue weighted by Gasteiger charge is -2.21. The van der Waals surface area contributed by atoms with Gasteiger partial charge in [-0.3, -0.25) is 4.90 Å². The molecule has 0 bridgehead atoms. The van der Waals surface area contributed by atoms with Crippen molar-refractivity contribution in [3.05, 3.63) is 89.5 Å². The summed E-state index contributed by atoms with van der Waals surface area (Å²) < 4.78 is 2.16. The van der Waals surface area contributed by atoms with Gasteiger partial charge in [0, 0.05) is 50.7 Å². The Kier molecular flexibility index (Phi) is 9.95. The van der Waals surface area contributed by atoms with E-state index < -0.39 is 0 Å². The van der Waals surface area contributed by atoms with Gasteiger partial charge in [0.25, 0.3) is 0 Å². The fraction of sp³-hybridized carbons (Fsp3) is 0.407. The number of hydrogen-bond donors (Lipinski definition) is 2. The Bertz CT molecular complexity index is 1050. The van der Waals surface area contributed by atoms with Crippen molar-refractivity contribution in [2.24, 2.45) is 4.99 Å². The zero-order valence-corrected chi connectivity index (χ0v) is 22.8. The fourth-order valence-corrected chi connectivity index (χ4v) is 4.52. The molecule has 2 atom stereocenters. The molecular formula is C27H37IN6. The van der Waals surface area contributed by atoms with Crippen LogP contribution < -0.4 is 10.6 Å². The van der Waals surface area contributed by atoms with Crippen molar-refractivity contribution in [1.29, 1.82) is 0 Å². The first-order valence-electron chi connectivity index (χ1n) is 12.0. The Hall–Kier alpha value is -2.39. The Labute approximate surface area is 220 Å². The molecule has 1 aromatic heterocycles. The van der Waals surface area contributed by atoms with E-state index in [2.05, 4.69) is 93.5 Å². The Morgan fingerprint density at radius 1 is 1.06 bits per heavy atom. The number of aliphatic imine (C=N–C) groups is 1. The molecule has 0 radical (unpaired) electrons. The number of nitrogens with zero attached hydrogens (tertiary/aromatic N) is 4. The third-order valence-electron chi connectivity index (χ3n) is 6.31. The predicted molar refractivity (Wildman–Crippen MR) is 151 cm³/mol. The molecule has 0 spiro atoms. The number of hydrogen-bond acceptors (Lipinski definition) is 3. The quantitative estimate of drug-likeness (QED) is 0.236. The van der Waals surface area contributed by atoms with Crippen molar-refractivity contribution in [2.75, 3.05) is 13.1 Å². The lowest BCUT2D eigenvalue weighted by Crippen LogP contribution is -2.44. The van der Waals surface area contributed by atoms with E-state index in [1.807, 2.05) is 19.3 Å². The number of rotatable bonds is 8. The molecule has 1 fully saturated rings. The Balaban J connectivity index is 0.00000324. The average Bonchev–Trinajstić information content (AvgIpc) is 3.37. The molecule has 3 aromatic rings. The standard InChI is InChI=1S/C27H36N6.HI/c1-4-28-27(31-26-15-21(2)33(20-26)18-23-9-6-5-7-10-23)30-17-24-11-8-12-25(16-24)19-32-14-13-29-22(32)3;/h5-14,16,21,26H,4,15,17-20H2,1-3H3,(H2,28,30,31);1H. The second-order valence-electron chi connectivity index (χ2n) is 8.96. The van der Waals surface area contributed by atoms with Crippen molar-refractivity contribution < 1.29 is 0 Å². The molecule has 0 amide bonds. The molecule has 1 aliphatic heterocycles. The molecule has 1 aliphatic rings. The second kappa shape index (κ2) is 12.9. The van der Waals surface area contributed by atoms with Crippen molar-refractivity contribution >= 4 is 29.9 Å². The van der Waals surface area contributed by atoms with Crippen LogP contribution in [0.5, 0.6) is 0 Å². The minimum Gasteiger partial charge on any atom is -0.357 e. The van der Waals surface area contributed by atoms with Gasteiger partial charge in [0.05, 0.1) is 6.54 Å². The normalized spacial score (nSPS) is 18.5. The maximum Gasteiger partial charge on any atom is 0.191 e. The molecule has 1 saturated heterocycles. The summed E-state index contributed by atoms with van der Waals surface area (Å²) in [5.74, 6) is 1.93. The Morgan fingerprint density at radius 2 is 1.82 bits per heavy atom. The van der Waals surface area contributed by atoms with E-state index in [1.165, 1.54) is 16.7 Å². The highest BCUT2D eigenvalue weighted by molar-refractivity contribution is 14.0. The van der Waals surface area contributed by atoms with E-state index >= 15 is 0 Å². The van der Waals surface area contributed by atoms with E-state index in [4.69, 9.17) is 4.99 Å². The molecule has 0 aliphatic carbocycles. The van der Waals surface area contributed by atoms with E-state index in [0.29, 0.717) is 18.6 Å². The lowest BCUT2D eigenvalue weighted by molar-refractivity contribution is 0.258. The molecule has 2 heterocycles. The molecule has 182 valence electrons. The number of benzene rings is 2. The molecule has 6 nitrogen and oxygen atoms in total. The molecule has 0 saturated carbocycles. The number of imidazole rings is 1. The number of halogens is 1.